The van der Waals surface area contributed by atoms with Crippen LogP contribution in [0.4, 0.5) is 15.5 Å². The maximum Gasteiger partial charge on any atom is 0.338 e. The van der Waals surface area contributed by atoms with E-state index in [1.54, 1.807) is 36.7 Å². The van der Waals surface area contributed by atoms with Crippen molar-refractivity contribution in [3.8, 4) is 6.07 Å². The summed E-state index contributed by atoms with van der Waals surface area (Å²) in [5.74, 6) is -1.09. The Morgan fingerprint density at radius 1 is 1.29 bits per heavy atom. The molecule has 0 saturated heterocycles. The maximum atomic E-state index is 12.1. The van der Waals surface area contributed by atoms with E-state index >= 15 is 0 Å². The van der Waals surface area contributed by atoms with Gasteiger partial charge in [0.15, 0.2) is 0 Å². The fourth-order valence-electron chi connectivity index (χ4n) is 1.63. The second kappa shape index (κ2) is 6.07. The second-order valence-electron chi connectivity index (χ2n) is 4.12. The lowest BCUT2D eigenvalue weighted by Crippen LogP contribution is -2.31. The van der Waals surface area contributed by atoms with Gasteiger partial charge in [0.2, 0.25) is 0 Å². The minimum absolute atomic E-state index is 0.0570. The van der Waals surface area contributed by atoms with E-state index in [0.29, 0.717) is 11.3 Å². The molecule has 0 saturated carbocycles. The quantitative estimate of drug-likeness (QED) is 0.911. The Hall–Kier alpha value is -2.85. The standard InChI is InChI=1S/C14H11N3O3S/c1-17(10-4-2-9(8-15)3-5-10)14(20)16-12-11(13(18)19)6-7-21-12/h2-7H,1H3,(H,16,20)(H,18,19). The van der Waals surface area contributed by atoms with Gasteiger partial charge in [0.25, 0.3) is 0 Å². The zero-order valence-electron chi connectivity index (χ0n) is 11.0. The highest BCUT2D eigenvalue weighted by atomic mass is 32.1. The molecule has 2 aromatic rings. The van der Waals surface area contributed by atoms with Gasteiger partial charge in [-0.25, -0.2) is 9.59 Å². The molecule has 0 aliphatic carbocycles. The highest BCUT2D eigenvalue weighted by Gasteiger charge is 2.17. The molecule has 7 heteroatoms. The third-order valence-corrected chi connectivity index (χ3v) is 3.63. The fraction of sp³-hybridized carbons (Fsp3) is 0.0714. The summed E-state index contributed by atoms with van der Waals surface area (Å²) in [5, 5.41) is 22.2. The number of aromatic carboxylic acids is 1. The topological polar surface area (TPSA) is 93.4 Å². The number of benzene rings is 1. The van der Waals surface area contributed by atoms with Crippen LogP contribution in [0.1, 0.15) is 15.9 Å². The van der Waals surface area contributed by atoms with Crippen molar-refractivity contribution in [2.24, 2.45) is 0 Å². The molecule has 2 rings (SSSR count). The third-order valence-electron chi connectivity index (χ3n) is 2.80. The van der Waals surface area contributed by atoms with Crippen molar-refractivity contribution in [1.29, 1.82) is 5.26 Å². The Kier molecular flexibility index (Phi) is 4.21. The van der Waals surface area contributed by atoms with Crippen molar-refractivity contribution in [1.82, 2.24) is 0 Å². The number of carboxylic acid groups (broad SMARTS) is 1. The lowest BCUT2D eigenvalue weighted by atomic mass is 10.2. The van der Waals surface area contributed by atoms with Gasteiger partial charge >= 0.3 is 12.0 Å². The van der Waals surface area contributed by atoms with Gasteiger partial charge in [0, 0.05) is 12.7 Å². The van der Waals surface area contributed by atoms with Crippen LogP contribution in [-0.2, 0) is 0 Å². The van der Waals surface area contributed by atoms with Crippen LogP contribution >= 0.6 is 11.3 Å². The summed E-state index contributed by atoms with van der Waals surface area (Å²) in [6.07, 6.45) is 0. The first kappa shape index (κ1) is 14.6. The summed E-state index contributed by atoms with van der Waals surface area (Å²) in [7, 11) is 1.56. The lowest BCUT2D eigenvalue weighted by molar-refractivity contribution is 0.0698. The van der Waals surface area contributed by atoms with Crippen molar-refractivity contribution >= 4 is 34.0 Å². The van der Waals surface area contributed by atoms with Crippen LogP contribution < -0.4 is 10.2 Å². The number of hydrogen-bond donors (Lipinski definition) is 2. The van der Waals surface area contributed by atoms with Crippen LogP contribution in [-0.4, -0.2) is 24.2 Å². The Labute approximate surface area is 124 Å². The predicted molar refractivity (Wildman–Crippen MR) is 79.9 cm³/mol. The lowest BCUT2D eigenvalue weighted by Gasteiger charge is -2.17. The van der Waals surface area contributed by atoms with E-state index in [1.807, 2.05) is 6.07 Å². The molecule has 106 valence electrons. The van der Waals surface area contributed by atoms with Crippen molar-refractivity contribution < 1.29 is 14.7 Å². The first-order chi connectivity index (χ1) is 10.0. The van der Waals surface area contributed by atoms with E-state index in [-0.39, 0.29) is 10.6 Å². The summed E-state index contributed by atoms with van der Waals surface area (Å²) < 4.78 is 0. The first-order valence-electron chi connectivity index (χ1n) is 5.88. The Bertz CT molecular complexity index is 716. The Balaban J connectivity index is 2.14. The molecule has 0 aliphatic rings. The molecule has 6 nitrogen and oxygen atoms in total. The number of carbonyl (C=O) groups is 2. The van der Waals surface area contributed by atoms with E-state index in [9.17, 15) is 9.59 Å². The number of hydrogen-bond acceptors (Lipinski definition) is 4. The minimum Gasteiger partial charge on any atom is -0.478 e. The normalized spacial score (nSPS) is 9.71. The molecule has 0 atom stereocenters. The predicted octanol–water partition coefficient (Wildman–Crippen LogP) is 2.99. The van der Waals surface area contributed by atoms with Crippen molar-refractivity contribution in [2.45, 2.75) is 0 Å². The number of nitrogens with zero attached hydrogens (tertiary/aromatic N) is 2. The monoisotopic (exact) mass is 301 g/mol. The van der Waals surface area contributed by atoms with Crippen molar-refractivity contribution in [3.63, 3.8) is 0 Å². The summed E-state index contributed by atoms with van der Waals surface area (Å²) >= 11 is 1.14. The van der Waals surface area contributed by atoms with E-state index in [2.05, 4.69) is 5.32 Å². The van der Waals surface area contributed by atoms with Crippen LogP contribution in [0, 0.1) is 11.3 Å². The van der Waals surface area contributed by atoms with E-state index in [1.165, 1.54) is 11.0 Å². The van der Waals surface area contributed by atoms with Gasteiger partial charge in [-0.3, -0.25) is 10.2 Å². The van der Waals surface area contributed by atoms with Crippen molar-refractivity contribution in [3.05, 3.63) is 46.8 Å². The van der Waals surface area contributed by atoms with Gasteiger partial charge in [0.05, 0.1) is 17.2 Å². The van der Waals surface area contributed by atoms with E-state index in [0.717, 1.165) is 11.3 Å². The highest BCUT2D eigenvalue weighted by molar-refractivity contribution is 7.14. The summed E-state index contributed by atoms with van der Waals surface area (Å²) in [6, 6.07) is 9.47. The molecule has 0 unspecified atom stereocenters. The summed E-state index contributed by atoms with van der Waals surface area (Å²) in [5.41, 5.74) is 1.15. The largest absolute Gasteiger partial charge is 0.478 e. The molecule has 1 aromatic carbocycles. The van der Waals surface area contributed by atoms with Gasteiger partial charge in [-0.15, -0.1) is 11.3 Å². The third kappa shape index (κ3) is 3.19. The molecule has 0 spiro atoms. The van der Waals surface area contributed by atoms with Crippen LogP contribution in [0.2, 0.25) is 0 Å². The Morgan fingerprint density at radius 2 is 1.95 bits per heavy atom. The van der Waals surface area contributed by atoms with Gasteiger partial charge in [-0.2, -0.15) is 5.26 Å². The second-order valence-corrected chi connectivity index (χ2v) is 5.03. The number of anilines is 2. The van der Waals surface area contributed by atoms with Crippen LogP contribution in [0.15, 0.2) is 35.7 Å². The molecule has 1 heterocycles. The number of carbonyl (C=O) groups excluding carboxylic acids is 1. The minimum atomic E-state index is -1.09. The van der Waals surface area contributed by atoms with Gasteiger partial charge in [-0.05, 0) is 35.7 Å². The van der Waals surface area contributed by atoms with E-state index < -0.39 is 12.0 Å². The number of rotatable bonds is 3. The van der Waals surface area contributed by atoms with Gasteiger partial charge in [-0.1, -0.05) is 0 Å². The molecular weight excluding hydrogens is 290 g/mol. The molecule has 1 aromatic heterocycles. The zero-order chi connectivity index (χ0) is 15.4. The van der Waals surface area contributed by atoms with E-state index in [4.69, 9.17) is 10.4 Å². The average Bonchev–Trinajstić information content (AvgIpc) is 2.95. The van der Waals surface area contributed by atoms with Gasteiger partial charge in [0.1, 0.15) is 5.00 Å². The molecule has 0 bridgehead atoms. The number of thiophene rings is 1. The molecule has 0 aliphatic heterocycles. The number of nitrogens with one attached hydrogen (secondary N) is 1. The maximum absolute atomic E-state index is 12.1. The smallest absolute Gasteiger partial charge is 0.338 e. The van der Waals surface area contributed by atoms with Crippen LogP contribution in [0.5, 0.6) is 0 Å². The van der Waals surface area contributed by atoms with Gasteiger partial charge < -0.3 is 5.11 Å². The number of carboxylic acids is 1. The van der Waals surface area contributed by atoms with Crippen molar-refractivity contribution in [2.75, 3.05) is 17.3 Å². The Morgan fingerprint density at radius 3 is 2.52 bits per heavy atom. The summed E-state index contributed by atoms with van der Waals surface area (Å²) in [6.45, 7) is 0. The molecule has 0 radical (unpaired) electrons. The molecule has 21 heavy (non-hydrogen) atoms. The zero-order valence-corrected chi connectivity index (χ0v) is 11.8. The number of amides is 2. The first-order valence-corrected chi connectivity index (χ1v) is 6.76. The molecule has 2 amide bonds. The molecule has 2 N–H and O–H groups in total. The highest BCUT2D eigenvalue weighted by Crippen LogP contribution is 2.24. The molecule has 0 fully saturated rings. The number of urea groups is 1. The summed E-state index contributed by atoms with van der Waals surface area (Å²) in [4.78, 5) is 24.4. The SMILES string of the molecule is CN(C(=O)Nc1sccc1C(=O)O)c1ccc(C#N)cc1. The number of nitriles is 1. The fourth-order valence-corrected chi connectivity index (χ4v) is 2.40. The van der Waals surface area contributed by atoms with Crippen LogP contribution in [0.25, 0.3) is 0 Å². The van der Waals surface area contributed by atoms with Crippen LogP contribution in [0.3, 0.4) is 0 Å². The average molecular weight is 301 g/mol. The molecular formula is C14H11N3O3S.